The summed E-state index contributed by atoms with van der Waals surface area (Å²) in [4.78, 5) is 34.8. The number of hydrogen-bond acceptors (Lipinski definition) is 7. The Bertz CT molecular complexity index is 1110. The van der Waals surface area contributed by atoms with Crippen LogP contribution in [0.1, 0.15) is 155 Å². The summed E-state index contributed by atoms with van der Waals surface area (Å²) in [7, 11) is 1.54. The van der Waals surface area contributed by atoms with Gasteiger partial charge < -0.3 is 18.9 Å². The van der Waals surface area contributed by atoms with Crippen LogP contribution >= 0.6 is 7.82 Å². The maximum atomic E-state index is 12.4. The van der Waals surface area contributed by atoms with Gasteiger partial charge in [0.25, 0.3) is 0 Å². The highest BCUT2D eigenvalue weighted by Crippen LogP contribution is 2.43. The zero-order valence-electron chi connectivity index (χ0n) is 34.9. The lowest BCUT2D eigenvalue weighted by Gasteiger charge is -2.24. The number of phosphoric ester groups is 1. The van der Waals surface area contributed by atoms with Gasteiger partial charge in [0.1, 0.15) is 19.8 Å². The molecule has 1 unspecified atom stereocenters. The van der Waals surface area contributed by atoms with Crippen LogP contribution in [0.5, 0.6) is 0 Å². The van der Waals surface area contributed by atoms with E-state index >= 15 is 0 Å². The minimum Gasteiger partial charge on any atom is -0.492 e. The summed E-state index contributed by atoms with van der Waals surface area (Å²) >= 11 is 0. The summed E-state index contributed by atoms with van der Waals surface area (Å²) in [5.74, 6) is -0.539. The Kier molecular flexibility index (Phi) is 34.8. The number of hydrogen-bond donors (Lipinski definition) is 1. The molecule has 0 amide bonds. The predicted molar refractivity (Wildman–Crippen MR) is 224 cm³/mol. The van der Waals surface area contributed by atoms with Crippen molar-refractivity contribution in [3.63, 3.8) is 0 Å². The quantitative estimate of drug-likeness (QED) is 0.00964. The van der Waals surface area contributed by atoms with Crippen LogP contribution in [0.15, 0.2) is 60.9 Å². The highest BCUT2D eigenvalue weighted by atomic mass is 31.2. The van der Waals surface area contributed by atoms with Gasteiger partial charge in [-0.05, 0) is 57.1 Å². The molecule has 0 spiro atoms. The number of nitrogens with zero attached hydrogens (tertiary/aromatic N) is 1. The largest absolute Gasteiger partial charge is 0.492 e. The summed E-state index contributed by atoms with van der Waals surface area (Å²) < 4.78 is 34.5. The van der Waals surface area contributed by atoms with Crippen molar-refractivity contribution in [1.29, 1.82) is 0 Å². The highest BCUT2D eigenvalue weighted by molar-refractivity contribution is 7.47. The molecule has 10 heteroatoms. The van der Waals surface area contributed by atoms with Crippen molar-refractivity contribution in [2.24, 2.45) is 0 Å². The molecule has 0 aromatic carbocycles. The van der Waals surface area contributed by atoms with Crippen molar-refractivity contribution in [3.8, 4) is 0 Å². The molecule has 2 atom stereocenters. The number of unbranched alkanes of at least 4 members (excludes halogenated alkanes) is 15. The second kappa shape index (κ2) is 36.4. The Morgan fingerprint density at radius 3 is 1.85 bits per heavy atom. The topological polar surface area (TPSA) is 108 Å². The van der Waals surface area contributed by atoms with E-state index in [0.29, 0.717) is 17.4 Å². The highest BCUT2D eigenvalue weighted by Gasteiger charge is 2.25. The third kappa shape index (κ3) is 39.4. The minimum absolute atomic E-state index is 0.0512. The summed E-state index contributed by atoms with van der Waals surface area (Å²) in [6.45, 7) is 4.58. The fourth-order valence-electron chi connectivity index (χ4n) is 5.25. The fraction of sp³-hybridized carbons (Fsp3) is 0.727. The molecule has 312 valence electrons. The van der Waals surface area contributed by atoms with Gasteiger partial charge in [-0.1, -0.05) is 140 Å². The van der Waals surface area contributed by atoms with Crippen molar-refractivity contribution >= 4 is 19.6 Å². The van der Waals surface area contributed by atoms with Gasteiger partial charge >= 0.3 is 13.8 Å². The van der Waals surface area contributed by atoms with E-state index in [1.165, 1.54) is 89.5 Å². The van der Waals surface area contributed by atoms with Crippen LogP contribution in [-0.4, -0.2) is 74.7 Å². The second-order valence-electron chi connectivity index (χ2n) is 15.1. The first-order chi connectivity index (χ1) is 26.0. The number of phosphoric acid groups is 1. The molecule has 0 aliphatic rings. The lowest BCUT2D eigenvalue weighted by molar-refractivity contribution is -0.870. The minimum atomic E-state index is -4.32. The monoisotopic (exact) mass is 781 g/mol. The van der Waals surface area contributed by atoms with E-state index in [1.807, 2.05) is 39.4 Å². The number of rotatable bonds is 38. The van der Waals surface area contributed by atoms with Crippen LogP contribution in [0.25, 0.3) is 0 Å². The molecule has 0 fully saturated rings. The van der Waals surface area contributed by atoms with Crippen LogP contribution in [0.3, 0.4) is 0 Å². The summed E-state index contributed by atoms with van der Waals surface area (Å²) in [5, 5.41) is 0. The van der Waals surface area contributed by atoms with Crippen molar-refractivity contribution in [1.82, 2.24) is 0 Å². The number of esters is 1. The Morgan fingerprint density at radius 1 is 0.648 bits per heavy atom. The molecular formula is C44H79NO8P+. The molecule has 0 radical (unpaired) electrons. The molecule has 0 aromatic rings. The molecule has 0 aromatic heterocycles. The molecule has 54 heavy (non-hydrogen) atoms. The summed E-state index contributed by atoms with van der Waals surface area (Å²) in [5.41, 5.74) is 0. The van der Waals surface area contributed by atoms with Gasteiger partial charge in [-0.25, -0.2) is 4.57 Å². The number of ether oxygens (including phenoxy) is 2. The van der Waals surface area contributed by atoms with E-state index in [2.05, 4.69) is 38.2 Å². The first-order valence-corrected chi connectivity index (χ1v) is 22.5. The number of quaternary nitrogens is 1. The van der Waals surface area contributed by atoms with Crippen LogP contribution in [-0.2, 0) is 32.7 Å². The molecular weight excluding hydrogens is 701 g/mol. The van der Waals surface area contributed by atoms with Crippen molar-refractivity contribution in [2.75, 3.05) is 47.5 Å². The summed E-state index contributed by atoms with van der Waals surface area (Å²) in [6.07, 6.45) is 42.1. The molecule has 0 saturated carbocycles. The number of ketones is 1. The van der Waals surface area contributed by atoms with Gasteiger partial charge in [0.2, 0.25) is 0 Å². The first-order valence-electron chi connectivity index (χ1n) is 21.0. The molecule has 0 aliphatic heterocycles. The van der Waals surface area contributed by atoms with Crippen LogP contribution in [0.4, 0.5) is 0 Å². The molecule has 0 aliphatic carbocycles. The summed E-state index contributed by atoms with van der Waals surface area (Å²) in [6, 6.07) is 0. The zero-order valence-corrected chi connectivity index (χ0v) is 35.8. The number of allylic oxidation sites excluding steroid dienone is 9. The predicted octanol–water partition coefficient (Wildman–Crippen LogP) is 11.7. The van der Waals surface area contributed by atoms with Crippen LogP contribution in [0.2, 0.25) is 0 Å². The van der Waals surface area contributed by atoms with E-state index < -0.39 is 19.9 Å². The van der Waals surface area contributed by atoms with E-state index in [4.69, 9.17) is 18.5 Å². The molecule has 1 N–H and O–H groups in total. The zero-order chi connectivity index (χ0) is 40.0. The van der Waals surface area contributed by atoms with Gasteiger partial charge in [-0.2, -0.15) is 0 Å². The fourth-order valence-corrected chi connectivity index (χ4v) is 5.99. The second-order valence-corrected chi connectivity index (χ2v) is 16.6. The third-order valence-electron chi connectivity index (χ3n) is 8.65. The normalized spacial score (nSPS) is 14.3. The van der Waals surface area contributed by atoms with Crippen molar-refractivity contribution in [2.45, 2.75) is 161 Å². The van der Waals surface area contributed by atoms with E-state index in [-0.39, 0.29) is 38.4 Å². The molecule has 0 saturated heterocycles. The average molecular weight is 781 g/mol. The molecule has 0 bridgehead atoms. The van der Waals surface area contributed by atoms with Gasteiger partial charge in [0.15, 0.2) is 11.9 Å². The Morgan fingerprint density at radius 2 is 1.20 bits per heavy atom. The molecule has 9 nitrogen and oxygen atoms in total. The molecule has 0 rings (SSSR count). The smallest absolute Gasteiger partial charge is 0.472 e. The standard InChI is InChI=1S/C44H78NO8P/c1-6-8-10-12-14-16-18-20-22-24-26-28-30-32-38-50-43(41-53-54(48,49)52-39-37-45(3,4)5)40-51-44(47)36-33-35-42(46)34-31-29-27-25-23-21-19-17-15-13-11-9-7-2/h15,17,21,23,27,29,31-32,34,38,43H,6-14,16,18-20,22,24-26,28,30,33,35-37,39-41H2,1-5H3/p+1/b17-15-,23-21-,29-27-,34-31+,38-32+/t43-/m1/s1. The van der Waals surface area contributed by atoms with E-state index in [9.17, 15) is 19.0 Å². The maximum absolute atomic E-state index is 12.4. The Labute approximate surface area is 330 Å². The Hall–Kier alpha value is -2.29. The number of carbonyl (C=O) groups excluding carboxylic acids is 2. The van der Waals surface area contributed by atoms with Gasteiger partial charge in [0.05, 0.1) is 34.0 Å². The van der Waals surface area contributed by atoms with Crippen LogP contribution in [0, 0.1) is 0 Å². The SMILES string of the molecule is CCCCC/C=C\C/C=C\C/C=C\C=C\C(=O)CCCC(=O)OC[C@H](COP(=O)(O)OCC[N+](C)(C)C)O/C=C/CCCCCCCCCCCCCC. The lowest BCUT2D eigenvalue weighted by Crippen LogP contribution is -2.37. The van der Waals surface area contributed by atoms with Gasteiger partial charge in [-0.3, -0.25) is 18.6 Å². The first kappa shape index (κ1) is 51.7. The molecule has 0 heterocycles. The van der Waals surface area contributed by atoms with Gasteiger partial charge in [-0.15, -0.1) is 0 Å². The van der Waals surface area contributed by atoms with Crippen LogP contribution < -0.4 is 0 Å². The Balaban J connectivity index is 4.52. The maximum Gasteiger partial charge on any atom is 0.472 e. The number of carbonyl (C=O) groups is 2. The van der Waals surface area contributed by atoms with E-state index in [0.717, 1.165) is 38.5 Å². The average Bonchev–Trinajstić information content (AvgIpc) is 3.12. The van der Waals surface area contributed by atoms with Crippen molar-refractivity contribution < 1.29 is 42.1 Å². The number of likely N-dealkylation sites (N-methyl/N-ethyl adjacent to an activating group) is 1. The van der Waals surface area contributed by atoms with E-state index in [1.54, 1.807) is 12.3 Å². The van der Waals surface area contributed by atoms with Crippen molar-refractivity contribution in [3.05, 3.63) is 60.9 Å². The third-order valence-corrected chi connectivity index (χ3v) is 9.63. The lowest BCUT2D eigenvalue weighted by atomic mass is 10.0. The van der Waals surface area contributed by atoms with Gasteiger partial charge in [0, 0.05) is 12.8 Å².